The number of nitrogens with zero attached hydrogens (tertiary/aromatic N) is 1. The lowest BCUT2D eigenvalue weighted by atomic mass is 9.98. The van der Waals surface area contributed by atoms with Gasteiger partial charge in [0.15, 0.2) is 11.5 Å². The van der Waals surface area contributed by atoms with Crippen LogP contribution in [0.5, 0.6) is 11.5 Å². The van der Waals surface area contributed by atoms with Crippen LogP contribution in [0.4, 0.5) is 0 Å². The predicted octanol–water partition coefficient (Wildman–Crippen LogP) is 4.57. The molecule has 0 radical (unpaired) electrons. The third-order valence-corrected chi connectivity index (χ3v) is 6.11. The van der Waals surface area contributed by atoms with Gasteiger partial charge in [0.25, 0.3) is 5.91 Å². The SMILES string of the molecule is CCCCOc1ccc(/C=C2\SC(=S)N([C@H](C(=O)O)[C@@H](C)CC)C2=O)cc1OC. The lowest BCUT2D eigenvalue weighted by molar-refractivity contribution is -0.147. The van der Waals surface area contributed by atoms with Crippen molar-refractivity contribution in [3.8, 4) is 11.5 Å². The maximum absolute atomic E-state index is 12.9. The van der Waals surface area contributed by atoms with Crippen LogP contribution in [-0.2, 0) is 9.59 Å². The van der Waals surface area contributed by atoms with Gasteiger partial charge >= 0.3 is 5.97 Å². The number of unbranched alkanes of at least 4 members (excludes halogenated alkanes) is 1. The average molecular weight is 438 g/mol. The number of thiocarbonyl (C=S) groups is 1. The van der Waals surface area contributed by atoms with Crippen LogP contribution < -0.4 is 9.47 Å². The highest BCUT2D eigenvalue weighted by Gasteiger charge is 2.42. The molecule has 1 aliphatic rings. The van der Waals surface area contributed by atoms with Gasteiger partial charge in [0, 0.05) is 0 Å². The zero-order chi connectivity index (χ0) is 21.6. The van der Waals surface area contributed by atoms with Crippen molar-refractivity contribution in [2.75, 3.05) is 13.7 Å². The number of thioether (sulfide) groups is 1. The summed E-state index contributed by atoms with van der Waals surface area (Å²) in [4.78, 5) is 26.3. The second kappa shape index (κ2) is 10.6. The number of hydrogen-bond donors (Lipinski definition) is 1. The van der Waals surface area contributed by atoms with Gasteiger partial charge in [-0.25, -0.2) is 4.79 Å². The first-order valence-electron chi connectivity index (χ1n) is 9.64. The van der Waals surface area contributed by atoms with E-state index in [-0.39, 0.29) is 16.1 Å². The summed E-state index contributed by atoms with van der Waals surface area (Å²) < 4.78 is 11.4. The number of carboxylic acid groups (broad SMARTS) is 1. The topological polar surface area (TPSA) is 76.1 Å². The summed E-state index contributed by atoms with van der Waals surface area (Å²) in [6, 6.07) is 4.46. The molecule has 0 aliphatic carbocycles. The van der Waals surface area contributed by atoms with Crippen LogP contribution in [0.25, 0.3) is 6.08 Å². The molecule has 0 aromatic heterocycles. The lowest BCUT2D eigenvalue weighted by Gasteiger charge is -2.27. The summed E-state index contributed by atoms with van der Waals surface area (Å²) >= 11 is 6.44. The zero-order valence-corrected chi connectivity index (χ0v) is 18.8. The number of rotatable bonds is 10. The van der Waals surface area contributed by atoms with Crippen molar-refractivity contribution in [1.29, 1.82) is 0 Å². The number of carbonyl (C=O) groups excluding carboxylic acids is 1. The van der Waals surface area contributed by atoms with E-state index in [1.54, 1.807) is 25.3 Å². The molecule has 2 rings (SSSR count). The quantitative estimate of drug-likeness (QED) is 0.326. The molecule has 1 aromatic carbocycles. The summed E-state index contributed by atoms with van der Waals surface area (Å²) in [6.45, 7) is 6.40. The van der Waals surface area contributed by atoms with Crippen LogP contribution in [-0.4, -0.2) is 46.0 Å². The van der Waals surface area contributed by atoms with Gasteiger partial charge in [-0.3, -0.25) is 9.69 Å². The van der Waals surface area contributed by atoms with E-state index in [4.69, 9.17) is 21.7 Å². The number of methoxy groups -OCH3 is 1. The Bertz CT molecular complexity index is 808. The largest absolute Gasteiger partial charge is 0.493 e. The van der Waals surface area contributed by atoms with Crippen molar-refractivity contribution >= 4 is 46.3 Å². The summed E-state index contributed by atoms with van der Waals surface area (Å²) in [7, 11) is 1.56. The van der Waals surface area contributed by atoms with Gasteiger partial charge in [-0.15, -0.1) is 0 Å². The molecule has 1 amide bonds. The predicted molar refractivity (Wildman–Crippen MR) is 119 cm³/mol. The molecule has 8 heteroatoms. The van der Waals surface area contributed by atoms with Crippen molar-refractivity contribution in [1.82, 2.24) is 4.90 Å². The highest BCUT2D eigenvalue weighted by Crippen LogP contribution is 2.37. The summed E-state index contributed by atoms with van der Waals surface area (Å²) in [5, 5.41) is 9.62. The molecule has 1 aliphatic heterocycles. The number of carbonyl (C=O) groups is 2. The minimum absolute atomic E-state index is 0.214. The van der Waals surface area contributed by atoms with Gasteiger partial charge in [-0.2, -0.15) is 0 Å². The average Bonchev–Trinajstić information content (AvgIpc) is 2.96. The van der Waals surface area contributed by atoms with E-state index in [0.29, 0.717) is 29.4 Å². The third-order valence-electron chi connectivity index (χ3n) is 4.78. The maximum Gasteiger partial charge on any atom is 0.327 e. The van der Waals surface area contributed by atoms with E-state index in [1.165, 1.54) is 4.90 Å². The van der Waals surface area contributed by atoms with Crippen molar-refractivity contribution in [2.45, 2.75) is 46.1 Å². The molecule has 1 aromatic rings. The van der Waals surface area contributed by atoms with Crippen LogP contribution in [0.15, 0.2) is 23.1 Å². The molecular weight excluding hydrogens is 410 g/mol. The van der Waals surface area contributed by atoms with E-state index in [0.717, 1.165) is 30.2 Å². The molecular formula is C21H27NO5S2. The second-order valence-electron chi connectivity index (χ2n) is 6.83. The van der Waals surface area contributed by atoms with Crippen LogP contribution in [0.1, 0.15) is 45.6 Å². The van der Waals surface area contributed by atoms with Crippen LogP contribution in [0, 0.1) is 5.92 Å². The Labute approximate surface area is 181 Å². The van der Waals surface area contributed by atoms with Crippen molar-refractivity contribution in [3.63, 3.8) is 0 Å². The van der Waals surface area contributed by atoms with E-state index >= 15 is 0 Å². The molecule has 0 spiro atoms. The lowest BCUT2D eigenvalue weighted by Crippen LogP contribution is -2.47. The van der Waals surface area contributed by atoms with Gasteiger partial charge in [0.2, 0.25) is 0 Å². The first kappa shape index (κ1) is 23.2. The molecule has 1 N–H and O–H groups in total. The Morgan fingerprint density at radius 1 is 1.34 bits per heavy atom. The van der Waals surface area contributed by atoms with Crippen LogP contribution >= 0.6 is 24.0 Å². The number of benzene rings is 1. The summed E-state index contributed by atoms with van der Waals surface area (Å²) in [5.74, 6) is -0.419. The molecule has 1 heterocycles. The number of carboxylic acids is 1. The minimum Gasteiger partial charge on any atom is -0.493 e. The maximum atomic E-state index is 12.9. The summed E-state index contributed by atoms with van der Waals surface area (Å²) in [6.07, 6.45) is 4.32. The Kier molecular flexibility index (Phi) is 8.52. The number of hydrogen-bond acceptors (Lipinski definition) is 6. The van der Waals surface area contributed by atoms with Gasteiger partial charge in [-0.05, 0) is 36.1 Å². The standard InChI is InChI=1S/C21H27NO5S2/c1-5-7-10-27-15-9-8-14(11-16(15)26-4)12-17-19(23)22(21(28)29-17)18(20(24)25)13(3)6-2/h8-9,11-13,18H,5-7,10H2,1-4H3,(H,24,25)/b17-12-/t13-,18-/m0/s1. The molecule has 0 bridgehead atoms. The first-order valence-corrected chi connectivity index (χ1v) is 10.9. The van der Waals surface area contributed by atoms with E-state index in [1.807, 2.05) is 19.9 Å². The minimum atomic E-state index is -1.05. The highest BCUT2D eigenvalue weighted by atomic mass is 32.2. The molecule has 1 saturated heterocycles. The molecule has 29 heavy (non-hydrogen) atoms. The van der Waals surface area contributed by atoms with Gasteiger partial charge in [0.1, 0.15) is 10.4 Å². The number of aliphatic carboxylic acids is 1. The smallest absolute Gasteiger partial charge is 0.327 e. The van der Waals surface area contributed by atoms with Crippen LogP contribution in [0.3, 0.4) is 0 Å². The molecule has 0 saturated carbocycles. The Balaban J connectivity index is 2.27. The fourth-order valence-corrected chi connectivity index (χ4v) is 4.25. The Hall–Kier alpha value is -2.06. The van der Waals surface area contributed by atoms with E-state index in [9.17, 15) is 14.7 Å². The first-order chi connectivity index (χ1) is 13.8. The third kappa shape index (κ3) is 5.51. The van der Waals surface area contributed by atoms with Crippen LogP contribution in [0.2, 0.25) is 0 Å². The Morgan fingerprint density at radius 3 is 2.66 bits per heavy atom. The van der Waals surface area contributed by atoms with E-state index < -0.39 is 12.0 Å². The number of amides is 1. The number of ether oxygens (including phenoxy) is 2. The molecule has 1 fully saturated rings. The normalized spacial score (nSPS) is 17.5. The van der Waals surface area contributed by atoms with Crippen molar-refractivity contribution < 1.29 is 24.2 Å². The fourth-order valence-electron chi connectivity index (χ4n) is 2.92. The molecule has 6 nitrogen and oxygen atoms in total. The monoisotopic (exact) mass is 437 g/mol. The highest BCUT2D eigenvalue weighted by molar-refractivity contribution is 8.26. The van der Waals surface area contributed by atoms with Crippen molar-refractivity contribution in [3.05, 3.63) is 28.7 Å². The van der Waals surface area contributed by atoms with Gasteiger partial charge < -0.3 is 14.6 Å². The van der Waals surface area contributed by atoms with Gasteiger partial charge in [-0.1, -0.05) is 63.7 Å². The Morgan fingerprint density at radius 2 is 2.07 bits per heavy atom. The molecule has 2 atom stereocenters. The second-order valence-corrected chi connectivity index (χ2v) is 8.51. The van der Waals surface area contributed by atoms with E-state index in [2.05, 4.69) is 6.92 Å². The van der Waals surface area contributed by atoms with Crippen molar-refractivity contribution in [2.24, 2.45) is 5.92 Å². The van der Waals surface area contributed by atoms with Gasteiger partial charge in [0.05, 0.1) is 18.6 Å². The summed E-state index contributed by atoms with van der Waals surface area (Å²) in [5.41, 5.74) is 0.751. The zero-order valence-electron chi connectivity index (χ0n) is 17.1. The molecule has 0 unspecified atom stereocenters. The fraction of sp³-hybridized carbons (Fsp3) is 0.476. The molecule has 158 valence electrons.